The average Bonchev–Trinajstić information content (AvgIpc) is 2.64. The van der Waals surface area contributed by atoms with Crippen LogP contribution < -0.4 is 10.6 Å². The van der Waals surface area contributed by atoms with Gasteiger partial charge >= 0.3 is 0 Å². The highest BCUT2D eigenvalue weighted by atomic mass is 35.5. The van der Waals surface area contributed by atoms with Crippen LogP contribution in [0.3, 0.4) is 0 Å². The topological polar surface area (TPSA) is 79.8 Å². The molecule has 7 heteroatoms. The summed E-state index contributed by atoms with van der Waals surface area (Å²) in [5.41, 5.74) is 3.08. The summed E-state index contributed by atoms with van der Waals surface area (Å²) in [7, 11) is 0. The third-order valence-electron chi connectivity index (χ3n) is 3.52. The first-order valence-corrected chi connectivity index (χ1v) is 8.02. The number of hydrogen-bond donors (Lipinski definition) is 2. The van der Waals surface area contributed by atoms with Crippen molar-refractivity contribution in [1.29, 1.82) is 0 Å². The molecule has 0 aliphatic carbocycles. The van der Waals surface area contributed by atoms with Crippen molar-refractivity contribution in [2.45, 2.75) is 13.5 Å². The molecule has 0 unspecified atom stereocenters. The maximum Gasteiger partial charge on any atom is 0.254 e. The number of pyridine rings is 1. The Morgan fingerprint density at radius 2 is 1.96 bits per heavy atom. The molecule has 3 aromatic rings. The van der Waals surface area contributed by atoms with Crippen molar-refractivity contribution in [2.24, 2.45) is 0 Å². The number of amides is 1. The Labute approximate surface area is 150 Å². The molecule has 2 N–H and O–H groups in total. The number of halogens is 1. The number of carbonyl (C=O) groups excluding carboxylic acids is 1. The van der Waals surface area contributed by atoms with Crippen LogP contribution in [-0.2, 0) is 6.54 Å². The van der Waals surface area contributed by atoms with Gasteiger partial charge < -0.3 is 10.6 Å². The minimum absolute atomic E-state index is 0.242. The second-order valence-electron chi connectivity index (χ2n) is 5.43. The molecule has 0 saturated heterocycles. The van der Waals surface area contributed by atoms with Crippen LogP contribution in [0.1, 0.15) is 21.5 Å². The van der Waals surface area contributed by atoms with Crippen LogP contribution in [0.25, 0.3) is 0 Å². The molecule has 0 radical (unpaired) electrons. The molecule has 0 spiro atoms. The molecule has 3 rings (SSSR count). The first kappa shape index (κ1) is 16.9. The van der Waals surface area contributed by atoms with E-state index in [0.29, 0.717) is 23.1 Å². The number of rotatable bonds is 5. The van der Waals surface area contributed by atoms with Crippen LogP contribution in [-0.4, -0.2) is 20.9 Å². The zero-order valence-corrected chi connectivity index (χ0v) is 14.3. The summed E-state index contributed by atoms with van der Waals surface area (Å²) in [5, 5.41) is 6.51. The van der Waals surface area contributed by atoms with Gasteiger partial charge in [-0.1, -0.05) is 23.7 Å². The van der Waals surface area contributed by atoms with Gasteiger partial charge in [0, 0.05) is 42.0 Å². The SMILES string of the molecule is Cc1ccc(Nc2ncc(C(=O)NCc3cccnc3)cn2)cc1Cl. The lowest BCUT2D eigenvalue weighted by Crippen LogP contribution is -2.23. The number of nitrogens with zero attached hydrogens (tertiary/aromatic N) is 3. The Morgan fingerprint density at radius 3 is 2.64 bits per heavy atom. The van der Waals surface area contributed by atoms with Crippen LogP contribution in [0.15, 0.2) is 55.1 Å². The summed E-state index contributed by atoms with van der Waals surface area (Å²) in [4.78, 5) is 24.5. The van der Waals surface area contributed by atoms with Crippen molar-refractivity contribution in [3.63, 3.8) is 0 Å². The summed E-state index contributed by atoms with van der Waals surface area (Å²) in [6, 6.07) is 9.31. The van der Waals surface area contributed by atoms with Crippen LogP contribution in [0, 0.1) is 6.92 Å². The molecule has 0 bridgehead atoms. The Bertz CT molecular complexity index is 868. The largest absolute Gasteiger partial charge is 0.348 e. The fourth-order valence-electron chi connectivity index (χ4n) is 2.10. The molecular weight excluding hydrogens is 338 g/mol. The van der Waals surface area contributed by atoms with Gasteiger partial charge in [-0.2, -0.15) is 0 Å². The molecular formula is C18H16ClN5O. The summed E-state index contributed by atoms with van der Waals surface area (Å²) in [6.45, 7) is 2.33. The van der Waals surface area contributed by atoms with Crippen molar-refractivity contribution >= 4 is 29.1 Å². The molecule has 2 heterocycles. The fraction of sp³-hybridized carbons (Fsp3) is 0.111. The molecule has 1 aromatic carbocycles. The molecule has 2 aromatic heterocycles. The third-order valence-corrected chi connectivity index (χ3v) is 3.93. The van der Waals surface area contributed by atoms with Gasteiger partial charge in [-0.25, -0.2) is 9.97 Å². The van der Waals surface area contributed by atoms with E-state index in [0.717, 1.165) is 16.8 Å². The number of hydrogen-bond acceptors (Lipinski definition) is 5. The van der Waals surface area contributed by atoms with Crippen LogP contribution in [0.2, 0.25) is 5.02 Å². The van der Waals surface area contributed by atoms with Crippen LogP contribution in [0.4, 0.5) is 11.6 Å². The summed E-state index contributed by atoms with van der Waals surface area (Å²) < 4.78 is 0. The summed E-state index contributed by atoms with van der Waals surface area (Å²) >= 11 is 6.09. The number of aryl methyl sites for hydroxylation is 1. The Balaban J connectivity index is 1.61. The predicted molar refractivity (Wildman–Crippen MR) is 96.9 cm³/mol. The molecule has 0 atom stereocenters. The van der Waals surface area contributed by atoms with Crippen molar-refractivity contribution in [2.75, 3.05) is 5.32 Å². The molecule has 25 heavy (non-hydrogen) atoms. The van der Waals surface area contributed by atoms with E-state index in [1.807, 2.05) is 31.2 Å². The minimum atomic E-state index is -0.242. The van der Waals surface area contributed by atoms with E-state index >= 15 is 0 Å². The molecule has 6 nitrogen and oxygen atoms in total. The number of carbonyl (C=O) groups is 1. The van der Waals surface area contributed by atoms with Crippen molar-refractivity contribution in [1.82, 2.24) is 20.3 Å². The van der Waals surface area contributed by atoms with Crippen molar-refractivity contribution < 1.29 is 4.79 Å². The smallest absolute Gasteiger partial charge is 0.254 e. The van der Waals surface area contributed by atoms with Crippen molar-refractivity contribution in [3.8, 4) is 0 Å². The quantitative estimate of drug-likeness (QED) is 0.733. The molecule has 0 aliphatic heterocycles. The second-order valence-corrected chi connectivity index (χ2v) is 5.84. The lowest BCUT2D eigenvalue weighted by Gasteiger charge is -2.08. The monoisotopic (exact) mass is 353 g/mol. The van der Waals surface area contributed by atoms with Gasteiger partial charge in [-0.05, 0) is 36.2 Å². The molecule has 126 valence electrons. The zero-order chi connectivity index (χ0) is 17.6. The fourth-order valence-corrected chi connectivity index (χ4v) is 2.28. The Hall–Kier alpha value is -2.99. The van der Waals surface area contributed by atoms with E-state index in [2.05, 4.69) is 25.6 Å². The lowest BCUT2D eigenvalue weighted by atomic mass is 10.2. The van der Waals surface area contributed by atoms with E-state index in [9.17, 15) is 4.79 Å². The minimum Gasteiger partial charge on any atom is -0.348 e. The van der Waals surface area contributed by atoms with E-state index < -0.39 is 0 Å². The highest BCUT2D eigenvalue weighted by Gasteiger charge is 2.07. The predicted octanol–water partition coefficient (Wildman–Crippen LogP) is 3.51. The normalized spacial score (nSPS) is 10.3. The van der Waals surface area contributed by atoms with E-state index in [4.69, 9.17) is 11.6 Å². The van der Waals surface area contributed by atoms with Gasteiger partial charge in [0.15, 0.2) is 0 Å². The molecule has 0 fully saturated rings. The standard InChI is InChI=1S/C18H16ClN5O/c1-12-4-5-15(7-16(12)19)24-18-22-10-14(11-23-18)17(25)21-9-13-3-2-6-20-8-13/h2-8,10-11H,9H2,1H3,(H,21,25)(H,22,23,24). The first-order valence-electron chi connectivity index (χ1n) is 7.64. The number of aromatic nitrogens is 3. The highest BCUT2D eigenvalue weighted by molar-refractivity contribution is 6.31. The number of anilines is 2. The summed E-state index contributed by atoms with van der Waals surface area (Å²) in [5.74, 6) is 0.150. The number of nitrogens with one attached hydrogen (secondary N) is 2. The second kappa shape index (κ2) is 7.72. The highest BCUT2D eigenvalue weighted by Crippen LogP contribution is 2.21. The van der Waals surface area contributed by atoms with Crippen LogP contribution in [0.5, 0.6) is 0 Å². The summed E-state index contributed by atoms with van der Waals surface area (Å²) in [6.07, 6.45) is 6.34. The Morgan fingerprint density at radius 1 is 1.16 bits per heavy atom. The van der Waals surface area contributed by atoms with Gasteiger partial charge in [0.05, 0.1) is 5.56 Å². The van der Waals surface area contributed by atoms with Gasteiger partial charge in [-0.3, -0.25) is 9.78 Å². The van der Waals surface area contributed by atoms with Gasteiger partial charge in [0.1, 0.15) is 0 Å². The van der Waals surface area contributed by atoms with E-state index in [1.54, 1.807) is 18.5 Å². The zero-order valence-electron chi connectivity index (χ0n) is 13.5. The van der Waals surface area contributed by atoms with Gasteiger partial charge in [0.2, 0.25) is 5.95 Å². The molecule has 0 saturated carbocycles. The molecule has 1 amide bonds. The third kappa shape index (κ3) is 4.51. The maximum atomic E-state index is 12.1. The average molecular weight is 354 g/mol. The Kier molecular flexibility index (Phi) is 5.20. The van der Waals surface area contributed by atoms with E-state index in [1.165, 1.54) is 12.4 Å². The maximum absolute atomic E-state index is 12.1. The lowest BCUT2D eigenvalue weighted by molar-refractivity contribution is 0.0950. The van der Waals surface area contributed by atoms with Crippen LogP contribution >= 0.6 is 11.6 Å². The van der Waals surface area contributed by atoms with Gasteiger partial charge in [-0.15, -0.1) is 0 Å². The van der Waals surface area contributed by atoms with E-state index in [-0.39, 0.29) is 5.91 Å². The first-order chi connectivity index (χ1) is 12.1. The van der Waals surface area contributed by atoms with Crippen molar-refractivity contribution in [3.05, 3.63) is 76.8 Å². The molecule has 0 aliphatic rings. The number of benzene rings is 1. The van der Waals surface area contributed by atoms with Gasteiger partial charge in [0.25, 0.3) is 5.91 Å².